The zero-order valence-corrected chi connectivity index (χ0v) is 13.6. The molecule has 1 aliphatic rings. The third kappa shape index (κ3) is 4.11. The van der Waals surface area contributed by atoms with Crippen LogP contribution in [0.2, 0.25) is 0 Å². The molecule has 114 valence electrons. The highest BCUT2D eigenvalue weighted by molar-refractivity contribution is 7.99. The van der Waals surface area contributed by atoms with Gasteiger partial charge in [0.25, 0.3) is 0 Å². The number of piperidine rings is 1. The van der Waals surface area contributed by atoms with Crippen LogP contribution in [-0.2, 0) is 4.79 Å². The Balaban J connectivity index is 2.10. The van der Waals surface area contributed by atoms with Gasteiger partial charge in [0, 0.05) is 10.6 Å². The molecule has 3 nitrogen and oxygen atoms in total. The summed E-state index contributed by atoms with van der Waals surface area (Å²) in [5.41, 5.74) is 0.878. The predicted molar refractivity (Wildman–Crippen MR) is 90.8 cm³/mol. The highest BCUT2D eigenvalue weighted by atomic mass is 32.2. The van der Waals surface area contributed by atoms with Crippen LogP contribution in [0, 0.1) is 5.41 Å². The van der Waals surface area contributed by atoms with Crippen molar-refractivity contribution in [1.29, 1.82) is 0 Å². The SMILES string of the molecule is C=CCSc1ccccc1NC(=O)C1NCCCC1(C)C. The molecule has 1 heterocycles. The number of hydrogen-bond acceptors (Lipinski definition) is 3. The smallest absolute Gasteiger partial charge is 0.242 e. The van der Waals surface area contributed by atoms with E-state index in [1.807, 2.05) is 30.3 Å². The third-order valence-electron chi connectivity index (χ3n) is 3.89. The maximum absolute atomic E-state index is 12.6. The van der Waals surface area contributed by atoms with E-state index >= 15 is 0 Å². The summed E-state index contributed by atoms with van der Waals surface area (Å²) in [6.45, 7) is 8.96. The Morgan fingerprint density at radius 3 is 3.00 bits per heavy atom. The number of anilines is 1. The Labute approximate surface area is 131 Å². The third-order valence-corrected chi connectivity index (χ3v) is 4.96. The number of benzene rings is 1. The minimum absolute atomic E-state index is 0.00840. The first-order valence-corrected chi connectivity index (χ1v) is 8.40. The maximum atomic E-state index is 12.6. The Kier molecular flexibility index (Phi) is 5.48. The minimum Gasteiger partial charge on any atom is -0.324 e. The van der Waals surface area contributed by atoms with Crippen LogP contribution < -0.4 is 10.6 Å². The first-order chi connectivity index (χ1) is 10.0. The summed E-state index contributed by atoms with van der Waals surface area (Å²) >= 11 is 1.68. The van der Waals surface area contributed by atoms with Crippen LogP contribution in [0.1, 0.15) is 26.7 Å². The van der Waals surface area contributed by atoms with E-state index in [2.05, 4.69) is 31.1 Å². The van der Waals surface area contributed by atoms with Gasteiger partial charge in [0.15, 0.2) is 0 Å². The summed E-state index contributed by atoms with van der Waals surface area (Å²) in [4.78, 5) is 13.7. The topological polar surface area (TPSA) is 41.1 Å². The minimum atomic E-state index is -0.135. The van der Waals surface area contributed by atoms with Crippen molar-refractivity contribution in [3.8, 4) is 0 Å². The Morgan fingerprint density at radius 2 is 2.29 bits per heavy atom. The lowest BCUT2D eigenvalue weighted by atomic mass is 9.77. The molecule has 1 atom stereocenters. The molecule has 2 N–H and O–H groups in total. The summed E-state index contributed by atoms with van der Waals surface area (Å²) in [5, 5.41) is 6.45. The van der Waals surface area contributed by atoms with Gasteiger partial charge in [0.1, 0.15) is 0 Å². The van der Waals surface area contributed by atoms with E-state index in [4.69, 9.17) is 0 Å². The van der Waals surface area contributed by atoms with E-state index in [-0.39, 0.29) is 17.4 Å². The predicted octanol–water partition coefficient (Wildman–Crippen LogP) is 3.68. The monoisotopic (exact) mass is 304 g/mol. The fourth-order valence-corrected chi connectivity index (χ4v) is 3.45. The molecule has 0 aliphatic carbocycles. The first-order valence-electron chi connectivity index (χ1n) is 7.41. The van der Waals surface area contributed by atoms with E-state index in [1.165, 1.54) is 0 Å². The average Bonchev–Trinajstić information content (AvgIpc) is 2.45. The molecule has 1 saturated heterocycles. The van der Waals surface area contributed by atoms with Crippen LogP contribution >= 0.6 is 11.8 Å². The zero-order valence-electron chi connectivity index (χ0n) is 12.8. The highest BCUT2D eigenvalue weighted by Crippen LogP contribution is 2.32. The molecule has 1 unspecified atom stereocenters. The van der Waals surface area contributed by atoms with Crippen LogP contribution in [-0.4, -0.2) is 24.2 Å². The molecule has 21 heavy (non-hydrogen) atoms. The molecule has 0 aromatic heterocycles. The number of carbonyl (C=O) groups excluding carboxylic acids is 1. The van der Waals surface area contributed by atoms with Crippen molar-refractivity contribution in [2.24, 2.45) is 5.41 Å². The Bertz CT molecular complexity index is 513. The number of para-hydroxylation sites is 1. The molecule has 1 fully saturated rings. The number of hydrogen-bond donors (Lipinski definition) is 2. The summed E-state index contributed by atoms with van der Waals surface area (Å²) in [5.74, 6) is 0.895. The van der Waals surface area contributed by atoms with Crippen molar-refractivity contribution in [2.75, 3.05) is 17.6 Å². The number of rotatable bonds is 5. The number of thioether (sulfide) groups is 1. The van der Waals surface area contributed by atoms with Gasteiger partial charge in [-0.1, -0.05) is 32.1 Å². The van der Waals surface area contributed by atoms with Gasteiger partial charge in [0.05, 0.1) is 11.7 Å². The molecule has 4 heteroatoms. The number of nitrogens with one attached hydrogen (secondary N) is 2. The maximum Gasteiger partial charge on any atom is 0.242 e. The van der Waals surface area contributed by atoms with Gasteiger partial charge in [-0.25, -0.2) is 0 Å². The van der Waals surface area contributed by atoms with Crippen LogP contribution in [0.15, 0.2) is 41.8 Å². The quantitative estimate of drug-likeness (QED) is 0.644. The van der Waals surface area contributed by atoms with Crippen molar-refractivity contribution in [3.63, 3.8) is 0 Å². The molecule has 0 bridgehead atoms. The summed E-state index contributed by atoms with van der Waals surface area (Å²) in [6, 6.07) is 7.79. The molecule has 1 aliphatic heterocycles. The molecule has 2 rings (SSSR count). The molecule has 1 amide bonds. The van der Waals surface area contributed by atoms with Gasteiger partial charge in [-0.15, -0.1) is 18.3 Å². The largest absolute Gasteiger partial charge is 0.324 e. The van der Waals surface area contributed by atoms with Crippen molar-refractivity contribution < 1.29 is 4.79 Å². The summed E-state index contributed by atoms with van der Waals surface area (Å²) in [7, 11) is 0. The second-order valence-corrected chi connectivity index (χ2v) is 7.13. The zero-order chi connectivity index (χ0) is 15.3. The van der Waals surface area contributed by atoms with Crippen LogP contribution in [0.3, 0.4) is 0 Å². The standard InChI is InChI=1S/C17H24N2OS/c1-4-12-21-14-9-6-5-8-13(14)19-16(20)15-17(2,3)10-7-11-18-15/h4-6,8-9,15,18H,1,7,10-12H2,2-3H3,(H,19,20). The highest BCUT2D eigenvalue weighted by Gasteiger charge is 2.37. The molecular formula is C17H24N2OS. The molecule has 0 saturated carbocycles. The normalized spacial score (nSPS) is 20.8. The molecule has 1 aromatic rings. The molecular weight excluding hydrogens is 280 g/mol. The summed E-state index contributed by atoms with van der Waals surface area (Å²) in [6.07, 6.45) is 4.07. The molecule has 0 radical (unpaired) electrons. The Morgan fingerprint density at radius 1 is 1.52 bits per heavy atom. The fourth-order valence-electron chi connectivity index (χ4n) is 2.71. The van der Waals surface area contributed by atoms with Gasteiger partial charge < -0.3 is 10.6 Å². The van der Waals surface area contributed by atoms with E-state index in [0.29, 0.717) is 0 Å². The Hall–Kier alpha value is -1.26. The van der Waals surface area contributed by atoms with Gasteiger partial charge in [-0.2, -0.15) is 0 Å². The molecule has 0 spiro atoms. The van der Waals surface area contributed by atoms with E-state index in [9.17, 15) is 4.79 Å². The number of amides is 1. The van der Waals surface area contributed by atoms with Gasteiger partial charge in [0.2, 0.25) is 5.91 Å². The average molecular weight is 304 g/mol. The van der Waals surface area contributed by atoms with Crippen molar-refractivity contribution >= 4 is 23.4 Å². The van der Waals surface area contributed by atoms with Crippen molar-refractivity contribution in [3.05, 3.63) is 36.9 Å². The fraction of sp³-hybridized carbons (Fsp3) is 0.471. The number of carbonyl (C=O) groups is 1. The van der Waals surface area contributed by atoms with Crippen LogP contribution in [0.4, 0.5) is 5.69 Å². The van der Waals surface area contributed by atoms with Crippen molar-refractivity contribution in [1.82, 2.24) is 5.32 Å². The lowest BCUT2D eigenvalue weighted by molar-refractivity contribution is -0.121. The van der Waals surface area contributed by atoms with Crippen molar-refractivity contribution in [2.45, 2.75) is 37.6 Å². The lowest BCUT2D eigenvalue weighted by Gasteiger charge is -2.38. The van der Waals surface area contributed by atoms with E-state index in [1.54, 1.807) is 11.8 Å². The second-order valence-electron chi connectivity index (χ2n) is 6.06. The first kappa shape index (κ1) is 16.1. The van der Waals surface area contributed by atoms with Crippen LogP contribution in [0.25, 0.3) is 0 Å². The van der Waals surface area contributed by atoms with Crippen LogP contribution in [0.5, 0.6) is 0 Å². The second kappa shape index (κ2) is 7.14. The van der Waals surface area contributed by atoms with E-state index < -0.39 is 0 Å². The van der Waals surface area contributed by atoms with Gasteiger partial charge in [-0.3, -0.25) is 4.79 Å². The molecule has 1 aromatic carbocycles. The van der Waals surface area contributed by atoms with Gasteiger partial charge >= 0.3 is 0 Å². The lowest BCUT2D eigenvalue weighted by Crippen LogP contribution is -2.53. The summed E-state index contributed by atoms with van der Waals surface area (Å²) < 4.78 is 0. The van der Waals surface area contributed by atoms with Gasteiger partial charge in [-0.05, 0) is 36.9 Å². The van der Waals surface area contributed by atoms with E-state index in [0.717, 1.165) is 35.7 Å².